The third-order valence-corrected chi connectivity index (χ3v) is 4.96. The minimum atomic E-state index is -0.697. The molecule has 2 aromatic rings. The van der Waals surface area contributed by atoms with Crippen LogP contribution in [0.1, 0.15) is 16.8 Å². The predicted octanol–water partition coefficient (Wildman–Crippen LogP) is 5.14. The van der Waals surface area contributed by atoms with E-state index < -0.39 is 11.9 Å². The van der Waals surface area contributed by atoms with Crippen LogP contribution in [0, 0.1) is 0 Å². The molecule has 1 unspecified atom stereocenters. The highest BCUT2D eigenvalue weighted by atomic mass is 35.5. The molecule has 8 heteroatoms. The highest BCUT2D eigenvalue weighted by molar-refractivity contribution is 7.98. The molecule has 4 nitrogen and oxygen atoms in total. The minimum absolute atomic E-state index is 0.233. The third-order valence-electron chi connectivity index (χ3n) is 3.52. The van der Waals surface area contributed by atoms with Crippen molar-refractivity contribution in [2.24, 2.45) is 0 Å². The smallest absolute Gasteiger partial charge is 0.253 e. The molecule has 0 spiro atoms. The summed E-state index contributed by atoms with van der Waals surface area (Å²) in [4.78, 5) is 25.1. The van der Waals surface area contributed by atoms with E-state index in [4.69, 9.17) is 34.8 Å². The fourth-order valence-electron chi connectivity index (χ4n) is 2.18. The van der Waals surface area contributed by atoms with Crippen LogP contribution in [0.5, 0.6) is 0 Å². The Balaban J connectivity index is 2.11. The van der Waals surface area contributed by atoms with Crippen LogP contribution in [0.2, 0.25) is 15.1 Å². The van der Waals surface area contributed by atoms with Crippen molar-refractivity contribution in [3.05, 3.63) is 63.1 Å². The molecule has 2 N–H and O–H groups in total. The number of halogens is 3. The molecule has 0 bridgehead atoms. The van der Waals surface area contributed by atoms with Gasteiger partial charge in [-0.25, -0.2) is 0 Å². The zero-order valence-electron chi connectivity index (χ0n) is 13.9. The van der Waals surface area contributed by atoms with Crippen LogP contribution < -0.4 is 10.6 Å². The average Bonchev–Trinajstić information content (AvgIpc) is 2.60. The molecule has 0 radical (unpaired) electrons. The number of carbonyl (C=O) groups is 2. The van der Waals surface area contributed by atoms with Crippen LogP contribution in [-0.4, -0.2) is 29.9 Å². The monoisotopic (exact) mass is 430 g/mol. The molecule has 2 rings (SSSR count). The normalized spacial score (nSPS) is 11.7. The molecule has 0 aromatic heterocycles. The number of hydrogen-bond donors (Lipinski definition) is 2. The summed E-state index contributed by atoms with van der Waals surface area (Å²) in [7, 11) is 0. The number of carbonyl (C=O) groups excluding carboxylic acids is 2. The second kappa shape index (κ2) is 10.1. The van der Waals surface area contributed by atoms with Gasteiger partial charge in [-0.15, -0.1) is 0 Å². The maximum Gasteiger partial charge on any atom is 0.253 e. The van der Waals surface area contributed by atoms with E-state index in [-0.39, 0.29) is 16.5 Å². The molecular weight excluding hydrogens is 415 g/mol. The lowest BCUT2D eigenvalue weighted by atomic mass is 10.1. The molecule has 0 aliphatic carbocycles. The van der Waals surface area contributed by atoms with Crippen LogP contribution in [0.15, 0.2) is 42.5 Å². The first-order valence-electron chi connectivity index (χ1n) is 7.72. The maximum atomic E-state index is 12.6. The molecule has 2 amide bonds. The van der Waals surface area contributed by atoms with Gasteiger partial charge in [-0.3, -0.25) is 9.59 Å². The van der Waals surface area contributed by atoms with Gasteiger partial charge in [0, 0.05) is 15.7 Å². The Morgan fingerprint density at radius 3 is 2.31 bits per heavy atom. The van der Waals surface area contributed by atoms with Gasteiger partial charge in [0.2, 0.25) is 5.91 Å². The fraction of sp³-hybridized carbons (Fsp3) is 0.222. The largest absolute Gasteiger partial charge is 0.340 e. The molecule has 1 atom stereocenters. The van der Waals surface area contributed by atoms with E-state index >= 15 is 0 Å². The molecular formula is C18H17Cl3N2O2S. The summed E-state index contributed by atoms with van der Waals surface area (Å²) in [5.74, 6) is -0.0170. The Labute approximate surface area is 171 Å². The van der Waals surface area contributed by atoms with Crippen molar-refractivity contribution in [3.8, 4) is 0 Å². The van der Waals surface area contributed by atoms with E-state index in [1.54, 1.807) is 42.1 Å². The van der Waals surface area contributed by atoms with Crippen molar-refractivity contribution in [2.75, 3.05) is 17.3 Å². The summed E-state index contributed by atoms with van der Waals surface area (Å²) in [5.41, 5.74) is 0.872. The van der Waals surface area contributed by atoms with Crippen molar-refractivity contribution in [3.63, 3.8) is 0 Å². The summed E-state index contributed by atoms with van der Waals surface area (Å²) in [6, 6.07) is 10.7. The Hall–Kier alpha value is -1.40. The zero-order valence-corrected chi connectivity index (χ0v) is 17.0. The molecule has 0 aliphatic heterocycles. The number of thioether (sulfide) groups is 1. The lowest BCUT2D eigenvalue weighted by Crippen LogP contribution is -2.44. The highest BCUT2D eigenvalue weighted by Crippen LogP contribution is 2.21. The van der Waals surface area contributed by atoms with E-state index in [9.17, 15) is 9.59 Å². The molecule has 2 aromatic carbocycles. The molecule has 0 heterocycles. The van der Waals surface area contributed by atoms with E-state index in [2.05, 4.69) is 10.6 Å². The molecule has 0 aliphatic rings. The van der Waals surface area contributed by atoms with Gasteiger partial charge >= 0.3 is 0 Å². The SMILES string of the molecule is CSCCC(NC(=O)c1ccc(Cl)cc1Cl)C(=O)Nc1ccc(Cl)cc1. The lowest BCUT2D eigenvalue weighted by Gasteiger charge is -2.18. The number of hydrogen-bond acceptors (Lipinski definition) is 3. The van der Waals surface area contributed by atoms with E-state index in [0.29, 0.717) is 27.9 Å². The highest BCUT2D eigenvalue weighted by Gasteiger charge is 2.22. The van der Waals surface area contributed by atoms with Crippen LogP contribution in [0.3, 0.4) is 0 Å². The Bertz CT molecular complexity index is 785. The number of nitrogens with one attached hydrogen (secondary N) is 2. The second-order valence-electron chi connectivity index (χ2n) is 5.43. The summed E-state index contributed by atoms with van der Waals surface area (Å²) in [6.07, 6.45) is 2.42. The van der Waals surface area contributed by atoms with Crippen molar-refractivity contribution >= 4 is 64.1 Å². The van der Waals surface area contributed by atoms with Gasteiger partial charge in [0.25, 0.3) is 5.91 Å². The Morgan fingerprint density at radius 2 is 1.69 bits per heavy atom. The topological polar surface area (TPSA) is 58.2 Å². The predicted molar refractivity (Wildman–Crippen MR) is 111 cm³/mol. The first kappa shape index (κ1) is 20.9. The van der Waals surface area contributed by atoms with Gasteiger partial charge in [-0.1, -0.05) is 34.8 Å². The fourth-order valence-corrected chi connectivity index (χ4v) is 3.27. The summed E-state index contributed by atoms with van der Waals surface area (Å²) in [5, 5.41) is 6.77. The van der Waals surface area contributed by atoms with Gasteiger partial charge in [0.1, 0.15) is 6.04 Å². The van der Waals surface area contributed by atoms with Gasteiger partial charge in [0.15, 0.2) is 0 Å². The van der Waals surface area contributed by atoms with E-state index in [0.717, 1.165) is 0 Å². The number of anilines is 1. The second-order valence-corrected chi connectivity index (χ2v) is 7.69. The standard InChI is InChI=1S/C18H17Cl3N2O2S/c1-26-9-8-16(18(25)22-13-5-2-11(19)3-6-13)23-17(24)14-7-4-12(20)10-15(14)21/h2-7,10,16H,8-9H2,1H3,(H,22,25)(H,23,24). The molecule has 138 valence electrons. The van der Waals surface area contributed by atoms with Gasteiger partial charge in [0.05, 0.1) is 10.6 Å². The van der Waals surface area contributed by atoms with Gasteiger partial charge < -0.3 is 10.6 Å². The van der Waals surface area contributed by atoms with Crippen molar-refractivity contribution in [1.29, 1.82) is 0 Å². The van der Waals surface area contributed by atoms with Crippen molar-refractivity contribution in [2.45, 2.75) is 12.5 Å². The van der Waals surface area contributed by atoms with Crippen LogP contribution in [-0.2, 0) is 4.79 Å². The third kappa shape index (κ3) is 6.09. The molecule has 0 saturated carbocycles. The number of amides is 2. The van der Waals surface area contributed by atoms with Crippen LogP contribution >= 0.6 is 46.6 Å². The lowest BCUT2D eigenvalue weighted by molar-refractivity contribution is -0.118. The summed E-state index contributed by atoms with van der Waals surface area (Å²) < 4.78 is 0. The molecule has 0 fully saturated rings. The Morgan fingerprint density at radius 1 is 1.04 bits per heavy atom. The first-order chi connectivity index (χ1) is 12.4. The van der Waals surface area contributed by atoms with Crippen molar-refractivity contribution in [1.82, 2.24) is 5.32 Å². The number of rotatable bonds is 7. The summed E-state index contributed by atoms with van der Waals surface area (Å²) >= 11 is 19.4. The minimum Gasteiger partial charge on any atom is -0.340 e. The number of benzene rings is 2. The summed E-state index contributed by atoms with van der Waals surface area (Å²) in [6.45, 7) is 0. The van der Waals surface area contributed by atoms with Crippen LogP contribution in [0.25, 0.3) is 0 Å². The maximum absolute atomic E-state index is 12.6. The molecule has 26 heavy (non-hydrogen) atoms. The van der Waals surface area contributed by atoms with E-state index in [1.807, 2.05) is 6.26 Å². The Kier molecular flexibility index (Phi) is 8.10. The average molecular weight is 432 g/mol. The van der Waals surface area contributed by atoms with Crippen molar-refractivity contribution < 1.29 is 9.59 Å². The first-order valence-corrected chi connectivity index (χ1v) is 10.2. The quantitative estimate of drug-likeness (QED) is 0.638. The van der Waals surface area contributed by atoms with Crippen LogP contribution in [0.4, 0.5) is 5.69 Å². The van der Waals surface area contributed by atoms with Gasteiger partial charge in [-0.2, -0.15) is 11.8 Å². The van der Waals surface area contributed by atoms with Gasteiger partial charge in [-0.05, 0) is 60.9 Å². The molecule has 0 saturated heterocycles. The van der Waals surface area contributed by atoms with E-state index in [1.165, 1.54) is 12.1 Å². The zero-order chi connectivity index (χ0) is 19.1.